The van der Waals surface area contributed by atoms with Crippen LogP contribution in [0, 0.1) is 0 Å². The van der Waals surface area contributed by atoms with Gasteiger partial charge in [0.05, 0.1) is 18.5 Å². The predicted octanol–water partition coefficient (Wildman–Crippen LogP) is 5.65. The van der Waals surface area contributed by atoms with Crippen LogP contribution >= 0.6 is 11.8 Å². The third-order valence-electron chi connectivity index (χ3n) is 4.56. The van der Waals surface area contributed by atoms with Crippen LogP contribution in [0.5, 0.6) is 5.75 Å². The molecule has 3 nitrogen and oxygen atoms in total. The number of fused-ring (bicyclic) bond motifs is 1. The number of nitrogens with zero attached hydrogens (tertiary/aromatic N) is 1. The molecule has 0 bridgehead atoms. The number of hydrogen-bond donors (Lipinski definition) is 1. The van der Waals surface area contributed by atoms with Crippen LogP contribution < -0.4 is 10.1 Å². The highest BCUT2D eigenvalue weighted by Gasteiger charge is 2.26. The Morgan fingerprint density at radius 3 is 2.64 bits per heavy atom. The Balaban J connectivity index is 1.74. The van der Waals surface area contributed by atoms with Gasteiger partial charge in [-0.15, -0.1) is 11.8 Å². The fourth-order valence-electron chi connectivity index (χ4n) is 3.28. The van der Waals surface area contributed by atoms with Crippen LogP contribution in [-0.4, -0.2) is 18.4 Å². The summed E-state index contributed by atoms with van der Waals surface area (Å²) in [5.74, 6) is 0.881. The molecule has 1 N–H and O–H groups in total. The van der Waals surface area contributed by atoms with Crippen LogP contribution in [0.2, 0.25) is 0 Å². The van der Waals surface area contributed by atoms with E-state index in [9.17, 15) is 0 Å². The Labute approximate surface area is 152 Å². The molecule has 0 aromatic heterocycles. The Morgan fingerprint density at radius 2 is 1.88 bits per heavy atom. The zero-order valence-corrected chi connectivity index (χ0v) is 15.2. The minimum atomic E-state index is 0.881. The molecule has 1 aliphatic heterocycles. The monoisotopic (exact) mass is 348 g/mol. The number of aliphatic imine (C=N–C) groups is 1. The standard InChI is InChI=1S/C21H20N2OS/c1-24-16-10-7-14(8-11-16)13-15-9-12-17-20(15)22-18-5-3-4-6-19(18)23-21(17)25-2/h3-8,10-11,13,22H,9,12H2,1-2H3/b15-13+. The first-order valence-corrected chi connectivity index (χ1v) is 9.58. The van der Waals surface area contributed by atoms with Gasteiger partial charge in [-0.1, -0.05) is 24.3 Å². The fourth-order valence-corrected chi connectivity index (χ4v) is 3.92. The SMILES string of the molecule is COc1ccc(/C=C2\CCC3=C2Nc2ccccc2N=C3SC)cc1. The molecule has 2 aromatic carbocycles. The fraction of sp³-hybridized carbons (Fsp3) is 0.190. The van der Waals surface area contributed by atoms with Crippen LogP contribution in [-0.2, 0) is 0 Å². The molecule has 0 amide bonds. The number of allylic oxidation sites excluding steroid dienone is 1. The van der Waals surface area contributed by atoms with E-state index >= 15 is 0 Å². The number of thioether (sulfide) groups is 1. The van der Waals surface area contributed by atoms with Crippen molar-refractivity contribution in [1.29, 1.82) is 0 Å². The molecule has 0 saturated carbocycles. The van der Waals surface area contributed by atoms with Crippen molar-refractivity contribution >= 4 is 34.3 Å². The first-order chi connectivity index (χ1) is 12.3. The summed E-state index contributed by atoms with van der Waals surface area (Å²) in [6.07, 6.45) is 6.42. The van der Waals surface area contributed by atoms with Crippen molar-refractivity contribution in [2.75, 3.05) is 18.7 Å². The van der Waals surface area contributed by atoms with Gasteiger partial charge in [0, 0.05) is 11.3 Å². The van der Waals surface area contributed by atoms with Crippen LogP contribution in [0.1, 0.15) is 18.4 Å². The minimum absolute atomic E-state index is 0.881. The Hall–Kier alpha value is -2.46. The highest BCUT2D eigenvalue weighted by molar-refractivity contribution is 8.13. The van der Waals surface area contributed by atoms with Crippen LogP contribution in [0.3, 0.4) is 0 Å². The first-order valence-electron chi connectivity index (χ1n) is 8.36. The molecule has 25 heavy (non-hydrogen) atoms. The van der Waals surface area contributed by atoms with Crippen molar-refractivity contribution in [3.8, 4) is 5.75 Å². The summed E-state index contributed by atoms with van der Waals surface area (Å²) in [7, 11) is 1.69. The van der Waals surface area contributed by atoms with E-state index in [1.165, 1.54) is 22.4 Å². The van der Waals surface area contributed by atoms with Gasteiger partial charge in [-0.3, -0.25) is 0 Å². The van der Waals surface area contributed by atoms with Crippen LogP contribution in [0.15, 0.2) is 70.4 Å². The molecule has 2 aliphatic rings. The molecule has 126 valence electrons. The van der Waals surface area contributed by atoms with E-state index in [2.05, 4.69) is 41.9 Å². The number of benzene rings is 2. The summed E-state index contributed by atoms with van der Waals surface area (Å²) in [4.78, 5) is 4.88. The molecule has 4 heteroatoms. The second kappa shape index (κ2) is 6.81. The zero-order chi connectivity index (χ0) is 17.2. The lowest BCUT2D eigenvalue weighted by Gasteiger charge is -2.11. The number of anilines is 1. The number of para-hydroxylation sites is 2. The molecule has 0 radical (unpaired) electrons. The normalized spacial score (nSPS) is 17.5. The topological polar surface area (TPSA) is 33.6 Å². The molecule has 0 unspecified atom stereocenters. The van der Waals surface area contributed by atoms with Gasteiger partial charge in [0.1, 0.15) is 10.8 Å². The quantitative estimate of drug-likeness (QED) is 0.762. The van der Waals surface area contributed by atoms with E-state index in [4.69, 9.17) is 9.73 Å². The molecule has 4 rings (SSSR count). The van der Waals surface area contributed by atoms with Crippen molar-refractivity contribution in [1.82, 2.24) is 0 Å². The first kappa shape index (κ1) is 16.0. The lowest BCUT2D eigenvalue weighted by atomic mass is 10.1. The summed E-state index contributed by atoms with van der Waals surface area (Å²) in [6.45, 7) is 0. The lowest BCUT2D eigenvalue weighted by molar-refractivity contribution is 0.415. The van der Waals surface area contributed by atoms with E-state index in [1.807, 2.05) is 24.3 Å². The lowest BCUT2D eigenvalue weighted by Crippen LogP contribution is -2.03. The van der Waals surface area contributed by atoms with E-state index in [1.54, 1.807) is 18.9 Å². The van der Waals surface area contributed by atoms with Gasteiger partial charge in [0.15, 0.2) is 0 Å². The number of methoxy groups -OCH3 is 1. The maximum absolute atomic E-state index is 5.25. The molecule has 0 spiro atoms. The Morgan fingerprint density at radius 1 is 1.08 bits per heavy atom. The largest absolute Gasteiger partial charge is 0.497 e. The third-order valence-corrected chi connectivity index (χ3v) is 5.29. The van der Waals surface area contributed by atoms with Crippen molar-refractivity contribution < 1.29 is 4.74 Å². The summed E-state index contributed by atoms with van der Waals surface area (Å²) >= 11 is 1.72. The molecule has 2 aromatic rings. The summed E-state index contributed by atoms with van der Waals surface area (Å²) in [5, 5.41) is 4.75. The molecule has 0 saturated heterocycles. The molecule has 0 atom stereocenters. The molecule has 1 heterocycles. The van der Waals surface area contributed by atoms with Gasteiger partial charge in [-0.25, -0.2) is 4.99 Å². The maximum Gasteiger partial charge on any atom is 0.118 e. The smallest absolute Gasteiger partial charge is 0.118 e. The number of nitrogens with one attached hydrogen (secondary N) is 1. The van der Waals surface area contributed by atoms with E-state index < -0.39 is 0 Å². The molecular formula is C21H20N2OS. The zero-order valence-electron chi connectivity index (χ0n) is 14.4. The van der Waals surface area contributed by atoms with E-state index in [0.717, 1.165) is 35.0 Å². The summed E-state index contributed by atoms with van der Waals surface area (Å²) in [6, 6.07) is 16.4. The highest BCUT2D eigenvalue weighted by Crippen LogP contribution is 2.41. The summed E-state index contributed by atoms with van der Waals surface area (Å²) in [5.41, 5.74) is 7.13. The predicted molar refractivity (Wildman–Crippen MR) is 108 cm³/mol. The average molecular weight is 348 g/mol. The van der Waals surface area contributed by atoms with Crippen LogP contribution in [0.25, 0.3) is 6.08 Å². The van der Waals surface area contributed by atoms with E-state index in [-0.39, 0.29) is 0 Å². The summed E-state index contributed by atoms with van der Waals surface area (Å²) < 4.78 is 5.25. The van der Waals surface area contributed by atoms with Gasteiger partial charge < -0.3 is 10.1 Å². The van der Waals surface area contributed by atoms with Crippen molar-refractivity contribution in [3.05, 3.63) is 70.9 Å². The molecule has 1 aliphatic carbocycles. The minimum Gasteiger partial charge on any atom is -0.497 e. The third kappa shape index (κ3) is 3.10. The van der Waals surface area contributed by atoms with Gasteiger partial charge in [0.2, 0.25) is 0 Å². The van der Waals surface area contributed by atoms with Gasteiger partial charge in [-0.05, 0) is 60.6 Å². The second-order valence-corrected chi connectivity index (χ2v) is 6.85. The second-order valence-electron chi connectivity index (χ2n) is 6.06. The van der Waals surface area contributed by atoms with Crippen molar-refractivity contribution in [3.63, 3.8) is 0 Å². The Kier molecular flexibility index (Phi) is 4.36. The Bertz CT molecular complexity index is 894. The van der Waals surface area contributed by atoms with Crippen LogP contribution in [0.4, 0.5) is 11.4 Å². The van der Waals surface area contributed by atoms with Gasteiger partial charge in [-0.2, -0.15) is 0 Å². The van der Waals surface area contributed by atoms with Crippen molar-refractivity contribution in [2.24, 2.45) is 4.99 Å². The van der Waals surface area contributed by atoms with Gasteiger partial charge in [0.25, 0.3) is 0 Å². The van der Waals surface area contributed by atoms with Gasteiger partial charge >= 0.3 is 0 Å². The maximum atomic E-state index is 5.25. The van der Waals surface area contributed by atoms with E-state index in [0.29, 0.717) is 0 Å². The van der Waals surface area contributed by atoms with Crippen molar-refractivity contribution in [2.45, 2.75) is 12.8 Å². The number of ether oxygens (including phenoxy) is 1. The average Bonchev–Trinajstić information content (AvgIpc) is 2.95. The molecular weight excluding hydrogens is 328 g/mol. The molecule has 0 fully saturated rings. The number of hydrogen-bond acceptors (Lipinski definition) is 4. The number of rotatable bonds is 2. The highest BCUT2D eigenvalue weighted by atomic mass is 32.2.